The number of aliphatic hydroxyl groups is 1. The van der Waals surface area contributed by atoms with E-state index in [1.54, 1.807) is 6.07 Å². The lowest BCUT2D eigenvalue weighted by Gasteiger charge is -2.37. The third kappa shape index (κ3) is 3.87. The Morgan fingerprint density at radius 1 is 1.10 bits per heavy atom. The highest BCUT2D eigenvalue weighted by molar-refractivity contribution is 5.91. The van der Waals surface area contributed by atoms with Crippen molar-refractivity contribution in [3.05, 3.63) is 77.4 Å². The number of aliphatic hydroxyl groups excluding tert-OH is 1. The van der Waals surface area contributed by atoms with Gasteiger partial charge in [0.1, 0.15) is 5.75 Å². The first-order chi connectivity index (χ1) is 15.0. The van der Waals surface area contributed by atoms with E-state index >= 15 is 0 Å². The number of benzene rings is 2. The van der Waals surface area contributed by atoms with E-state index in [-0.39, 0.29) is 17.4 Å². The summed E-state index contributed by atoms with van der Waals surface area (Å²) < 4.78 is 0. The molecule has 2 nitrogen and oxygen atoms in total. The van der Waals surface area contributed by atoms with Gasteiger partial charge >= 0.3 is 0 Å². The molecule has 0 radical (unpaired) electrons. The van der Waals surface area contributed by atoms with Crippen molar-refractivity contribution < 1.29 is 10.2 Å². The lowest BCUT2D eigenvalue weighted by atomic mass is 9.66. The number of aryl methyl sites for hydroxylation is 1. The van der Waals surface area contributed by atoms with E-state index in [2.05, 4.69) is 44.7 Å². The van der Waals surface area contributed by atoms with Gasteiger partial charge in [-0.2, -0.15) is 0 Å². The van der Waals surface area contributed by atoms with Crippen molar-refractivity contribution in [2.75, 3.05) is 0 Å². The second-order valence-electron chi connectivity index (χ2n) is 9.52. The van der Waals surface area contributed by atoms with Gasteiger partial charge in [0, 0.05) is 11.3 Å². The maximum Gasteiger partial charge on any atom is 0.116 e. The Kier molecular flexibility index (Phi) is 6.39. The van der Waals surface area contributed by atoms with Crippen LogP contribution in [0, 0.1) is 18.3 Å². The number of phenols is 1. The highest BCUT2D eigenvalue weighted by atomic mass is 16.3. The second kappa shape index (κ2) is 9.04. The minimum absolute atomic E-state index is 0.165. The normalized spacial score (nSPS) is 25.1. The summed E-state index contributed by atoms with van der Waals surface area (Å²) in [6.45, 7) is 9.02. The van der Waals surface area contributed by atoms with Crippen molar-refractivity contribution in [2.24, 2.45) is 11.3 Å². The van der Waals surface area contributed by atoms with Gasteiger partial charge in [-0.25, -0.2) is 0 Å². The molecule has 2 aromatic carbocycles. The third-order valence-corrected chi connectivity index (χ3v) is 7.68. The first kappa shape index (κ1) is 21.9. The zero-order valence-corrected chi connectivity index (χ0v) is 19.0. The van der Waals surface area contributed by atoms with E-state index in [0.29, 0.717) is 5.75 Å². The zero-order chi connectivity index (χ0) is 22.0. The molecule has 4 rings (SSSR count). The average molecular weight is 417 g/mol. The number of phenolic OH excluding ortho intramolecular Hbond substituents is 1. The van der Waals surface area contributed by atoms with Crippen LogP contribution in [0.2, 0.25) is 0 Å². The summed E-state index contributed by atoms with van der Waals surface area (Å²) in [5.41, 5.74) is 7.14. The standard InChI is InChI=1S/C29H36O2/c1-4-5-6-8-13-23-18-26-27(31)16-17-29(26,21(3)22-11-9-7-10-12-22)28(23)25-19-24(30)15-14-20(25)2/h7,9-12,14-15,19,26-27,30-31H,3-6,8,13,16-18H2,1-2H3/t26-,27+,29-/m0/s1. The smallest absolute Gasteiger partial charge is 0.116 e. The van der Waals surface area contributed by atoms with Crippen LogP contribution in [0.1, 0.15) is 75.0 Å². The molecule has 2 heteroatoms. The first-order valence-corrected chi connectivity index (χ1v) is 11.9. The molecule has 0 amide bonds. The molecular formula is C29H36O2. The number of hydrogen-bond acceptors (Lipinski definition) is 2. The lowest BCUT2D eigenvalue weighted by Crippen LogP contribution is -2.29. The fraction of sp³-hybridized carbons (Fsp3) is 0.448. The molecule has 0 unspecified atom stereocenters. The van der Waals surface area contributed by atoms with Crippen LogP contribution in [0.4, 0.5) is 0 Å². The van der Waals surface area contributed by atoms with Gasteiger partial charge in [-0.15, -0.1) is 0 Å². The molecule has 164 valence electrons. The molecule has 0 aliphatic heterocycles. The Morgan fingerprint density at radius 3 is 2.61 bits per heavy atom. The third-order valence-electron chi connectivity index (χ3n) is 7.68. The van der Waals surface area contributed by atoms with Crippen LogP contribution in [-0.4, -0.2) is 16.3 Å². The molecule has 1 saturated carbocycles. The SMILES string of the molecule is C=C(c1ccccc1)[C@@]12CC[C@@H](O)[C@@H]1CC(CCCCCC)=C2c1cc(O)ccc1C. The Hall–Kier alpha value is -2.32. The number of rotatable bonds is 8. The number of aromatic hydroxyl groups is 1. The summed E-state index contributed by atoms with van der Waals surface area (Å²) in [6.07, 6.45) is 8.33. The van der Waals surface area contributed by atoms with Crippen LogP contribution in [0.3, 0.4) is 0 Å². The maximum atomic E-state index is 11.1. The number of unbranched alkanes of at least 4 members (excludes halogenated alkanes) is 3. The minimum Gasteiger partial charge on any atom is -0.508 e. The molecule has 2 aromatic rings. The van der Waals surface area contributed by atoms with Crippen LogP contribution >= 0.6 is 0 Å². The molecule has 2 aliphatic carbocycles. The van der Waals surface area contributed by atoms with Crippen molar-refractivity contribution in [3.63, 3.8) is 0 Å². The van der Waals surface area contributed by atoms with Gasteiger partial charge < -0.3 is 10.2 Å². The summed E-state index contributed by atoms with van der Waals surface area (Å²) in [4.78, 5) is 0. The van der Waals surface area contributed by atoms with Gasteiger partial charge in [-0.05, 0) is 79.0 Å². The fourth-order valence-electron chi connectivity index (χ4n) is 6.12. The van der Waals surface area contributed by atoms with Crippen molar-refractivity contribution >= 4 is 11.1 Å². The van der Waals surface area contributed by atoms with Gasteiger partial charge in [0.15, 0.2) is 0 Å². The Bertz CT molecular complexity index is 971. The molecule has 0 heterocycles. The van der Waals surface area contributed by atoms with Gasteiger partial charge in [-0.1, -0.05) is 74.7 Å². The molecule has 2 N–H and O–H groups in total. The largest absolute Gasteiger partial charge is 0.508 e. The summed E-state index contributed by atoms with van der Waals surface area (Å²) in [6, 6.07) is 16.2. The van der Waals surface area contributed by atoms with E-state index < -0.39 is 0 Å². The molecular weight excluding hydrogens is 380 g/mol. The molecule has 1 fully saturated rings. The van der Waals surface area contributed by atoms with E-state index in [0.717, 1.165) is 42.4 Å². The molecule has 3 atom stereocenters. The Labute approximate surface area is 187 Å². The highest BCUT2D eigenvalue weighted by Crippen LogP contribution is 2.66. The van der Waals surface area contributed by atoms with Gasteiger partial charge in [-0.3, -0.25) is 0 Å². The minimum atomic E-state index is -0.304. The van der Waals surface area contributed by atoms with Gasteiger partial charge in [0.2, 0.25) is 0 Å². The van der Waals surface area contributed by atoms with E-state index in [1.165, 1.54) is 42.4 Å². The number of hydrogen-bond donors (Lipinski definition) is 2. The Balaban J connectivity index is 1.86. The van der Waals surface area contributed by atoms with E-state index in [1.807, 2.05) is 18.2 Å². The van der Waals surface area contributed by atoms with Gasteiger partial charge in [0.05, 0.1) is 6.10 Å². The number of fused-ring (bicyclic) bond motifs is 1. The first-order valence-electron chi connectivity index (χ1n) is 11.9. The highest BCUT2D eigenvalue weighted by Gasteiger charge is 2.56. The van der Waals surface area contributed by atoms with Crippen molar-refractivity contribution in [1.82, 2.24) is 0 Å². The molecule has 0 saturated heterocycles. The predicted molar refractivity (Wildman–Crippen MR) is 130 cm³/mol. The van der Waals surface area contributed by atoms with Crippen molar-refractivity contribution in [3.8, 4) is 5.75 Å². The van der Waals surface area contributed by atoms with Gasteiger partial charge in [0.25, 0.3) is 0 Å². The van der Waals surface area contributed by atoms with E-state index in [9.17, 15) is 10.2 Å². The topological polar surface area (TPSA) is 40.5 Å². The summed E-state index contributed by atoms with van der Waals surface area (Å²) in [5, 5.41) is 21.4. The summed E-state index contributed by atoms with van der Waals surface area (Å²) >= 11 is 0. The Morgan fingerprint density at radius 2 is 1.87 bits per heavy atom. The average Bonchev–Trinajstić information content (AvgIpc) is 3.28. The van der Waals surface area contributed by atoms with Crippen LogP contribution in [0.5, 0.6) is 5.75 Å². The molecule has 0 aromatic heterocycles. The second-order valence-corrected chi connectivity index (χ2v) is 9.52. The van der Waals surface area contributed by atoms with Crippen LogP contribution in [0.15, 0.2) is 60.7 Å². The molecule has 2 aliphatic rings. The van der Waals surface area contributed by atoms with Crippen LogP contribution in [-0.2, 0) is 0 Å². The maximum absolute atomic E-state index is 11.1. The molecule has 0 spiro atoms. The zero-order valence-electron chi connectivity index (χ0n) is 19.0. The van der Waals surface area contributed by atoms with Crippen LogP contribution in [0.25, 0.3) is 11.1 Å². The predicted octanol–water partition coefficient (Wildman–Crippen LogP) is 7.30. The monoisotopic (exact) mass is 416 g/mol. The summed E-state index contributed by atoms with van der Waals surface area (Å²) in [5.74, 6) is 0.471. The summed E-state index contributed by atoms with van der Waals surface area (Å²) in [7, 11) is 0. The van der Waals surface area contributed by atoms with Crippen molar-refractivity contribution in [2.45, 2.75) is 71.3 Å². The van der Waals surface area contributed by atoms with Crippen LogP contribution < -0.4 is 0 Å². The quantitative estimate of drug-likeness (QED) is 0.443. The molecule has 31 heavy (non-hydrogen) atoms. The fourth-order valence-corrected chi connectivity index (χ4v) is 6.12. The van der Waals surface area contributed by atoms with Crippen molar-refractivity contribution in [1.29, 1.82) is 0 Å². The number of allylic oxidation sites excluding steroid dienone is 3. The van der Waals surface area contributed by atoms with E-state index in [4.69, 9.17) is 0 Å². The lowest BCUT2D eigenvalue weighted by molar-refractivity contribution is 0.120. The molecule has 0 bridgehead atoms.